The SMILES string of the molecule is CC(C)CCOc1cnc2c(c1)C1(CC1)C(=O)C2C1CC(C)(O)C1. The summed E-state index contributed by atoms with van der Waals surface area (Å²) in [4.78, 5) is 17.7. The molecular weight excluding hydrogens is 302 g/mol. The van der Waals surface area contributed by atoms with E-state index < -0.39 is 5.60 Å². The summed E-state index contributed by atoms with van der Waals surface area (Å²) in [5.41, 5.74) is 1.16. The fourth-order valence-electron chi connectivity index (χ4n) is 4.52. The van der Waals surface area contributed by atoms with Gasteiger partial charge in [-0.15, -0.1) is 0 Å². The zero-order valence-corrected chi connectivity index (χ0v) is 14.8. The number of aliphatic hydroxyl groups is 1. The van der Waals surface area contributed by atoms with Crippen LogP contribution in [-0.2, 0) is 10.2 Å². The Labute approximate surface area is 143 Å². The number of fused-ring (bicyclic) bond motifs is 2. The molecule has 1 heterocycles. The summed E-state index contributed by atoms with van der Waals surface area (Å²) >= 11 is 0. The molecule has 0 radical (unpaired) electrons. The third-order valence-corrected chi connectivity index (χ3v) is 6.05. The number of rotatable bonds is 5. The Bertz CT molecular complexity index is 667. The lowest BCUT2D eigenvalue weighted by Gasteiger charge is -2.43. The number of Topliss-reactive ketones (excluding diaryl/α,β-unsaturated/α-hetero) is 1. The maximum Gasteiger partial charge on any atom is 0.152 e. The van der Waals surface area contributed by atoms with Gasteiger partial charge in [0.2, 0.25) is 0 Å². The number of pyridine rings is 1. The van der Waals surface area contributed by atoms with Gasteiger partial charge in [0.05, 0.1) is 35.4 Å². The second-order valence-corrected chi connectivity index (χ2v) is 8.72. The summed E-state index contributed by atoms with van der Waals surface area (Å²) in [5.74, 6) is 1.86. The molecule has 24 heavy (non-hydrogen) atoms. The molecule has 0 bridgehead atoms. The first-order chi connectivity index (χ1) is 11.3. The van der Waals surface area contributed by atoms with Crippen LogP contribution in [0.15, 0.2) is 12.3 Å². The molecule has 3 aliphatic carbocycles. The van der Waals surface area contributed by atoms with Gasteiger partial charge in [0, 0.05) is 0 Å². The first-order valence-electron chi connectivity index (χ1n) is 9.22. The van der Waals surface area contributed by atoms with Crippen molar-refractivity contribution in [2.45, 2.75) is 69.8 Å². The zero-order chi connectivity index (χ0) is 17.1. The molecule has 1 N–H and O–H groups in total. The minimum atomic E-state index is -0.607. The van der Waals surface area contributed by atoms with Crippen LogP contribution in [0.2, 0.25) is 0 Å². The van der Waals surface area contributed by atoms with Crippen LogP contribution in [0.4, 0.5) is 0 Å². The number of hydrogen-bond donors (Lipinski definition) is 1. The van der Waals surface area contributed by atoms with E-state index in [1.54, 1.807) is 6.20 Å². The minimum Gasteiger partial charge on any atom is -0.492 e. The van der Waals surface area contributed by atoms with Gasteiger partial charge in [-0.3, -0.25) is 9.78 Å². The van der Waals surface area contributed by atoms with Crippen molar-refractivity contribution in [3.05, 3.63) is 23.5 Å². The van der Waals surface area contributed by atoms with Crippen molar-refractivity contribution in [2.75, 3.05) is 6.61 Å². The highest BCUT2D eigenvalue weighted by molar-refractivity contribution is 6.02. The van der Waals surface area contributed by atoms with Crippen LogP contribution in [0, 0.1) is 11.8 Å². The predicted molar refractivity (Wildman–Crippen MR) is 91.2 cm³/mol. The van der Waals surface area contributed by atoms with Gasteiger partial charge in [-0.05, 0) is 62.5 Å². The fraction of sp³-hybridized carbons (Fsp3) is 0.700. The Morgan fingerprint density at radius 3 is 2.67 bits per heavy atom. The molecule has 0 amide bonds. The van der Waals surface area contributed by atoms with Crippen LogP contribution < -0.4 is 4.74 Å². The Balaban J connectivity index is 1.57. The van der Waals surface area contributed by atoms with Gasteiger partial charge in [-0.1, -0.05) is 13.8 Å². The van der Waals surface area contributed by atoms with E-state index in [9.17, 15) is 9.90 Å². The van der Waals surface area contributed by atoms with Crippen LogP contribution in [-0.4, -0.2) is 28.1 Å². The average Bonchev–Trinajstić information content (AvgIpc) is 3.23. The summed E-state index contributed by atoms with van der Waals surface area (Å²) in [6.45, 7) is 6.91. The summed E-state index contributed by atoms with van der Waals surface area (Å²) in [7, 11) is 0. The highest BCUT2D eigenvalue weighted by Gasteiger charge is 2.63. The first-order valence-corrected chi connectivity index (χ1v) is 9.22. The number of hydrogen-bond acceptors (Lipinski definition) is 4. The highest BCUT2D eigenvalue weighted by Crippen LogP contribution is 2.62. The molecule has 1 unspecified atom stereocenters. The largest absolute Gasteiger partial charge is 0.492 e. The average molecular weight is 329 g/mol. The molecule has 0 aromatic carbocycles. The van der Waals surface area contributed by atoms with Gasteiger partial charge >= 0.3 is 0 Å². The predicted octanol–water partition coefficient (Wildman–Crippen LogP) is 3.37. The van der Waals surface area contributed by atoms with E-state index in [-0.39, 0.29) is 17.3 Å². The lowest BCUT2D eigenvalue weighted by atomic mass is 9.65. The summed E-state index contributed by atoms with van der Waals surface area (Å²) in [6, 6.07) is 2.06. The third-order valence-electron chi connectivity index (χ3n) is 6.05. The monoisotopic (exact) mass is 329 g/mol. The molecule has 1 spiro atoms. The fourth-order valence-corrected chi connectivity index (χ4v) is 4.52. The van der Waals surface area contributed by atoms with Gasteiger partial charge in [0.1, 0.15) is 5.75 Å². The molecule has 0 saturated heterocycles. The van der Waals surface area contributed by atoms with E-state index in [0.717, 1.165) is 36.3 Å². The number of aromatic nitrogens is 1. The molecule has 1 aromatic rings. The molecule has 2 fully saturated rings. The Morgan fingerprint density at radius 2 is 2.08 bits per heavy atom. The molecule has 4 rings (SSSR count). The van der Waals surface area contributed by atoms with E-state index in [4.69, 9.17) is 4.74 Å². The lowest BCUT2D eigenvalue weighted by Crippen LogP contribution is -2.45. The molecule has 1 aromatic heterocycles. The quantitative estimate of drug-likeness (QED) is 0.900. The first kappa shape index (κ1) is 16.1. The summed E-state index contributed by atoms with van der Waals surface area (Å²) in [6.07, 6.45) is 6.07. The van der Waals surface area contributed by atoms with Crippen LogP contribution >= 0.6 is 0 Å². The smallest absolute Gasteiger partial charge is 0.152 e. The maximum atomic E-state index is 13.0. The van der Waals surface area contributed by atoms with Crippen LogP contribution in [0.1, 0.15) is 70.1 Å². The standard InChI is InChI=1S/C20H27NO3/c1-12(2)4-7-24-14-8-15-17(21-11-14)16(13-9-19(3,23)10-13)18(22)20(15)5-6-20/h8,11-13,16,23H,4-7,9-10H2,1-3H3. The molecule has 2 saturated carbocycles. The van der Waals surface area contributed by atoms with Crippen molar-refractivity contribution in [3.63, 3.8) is 0 Å². The van der Waals surface area contributed by atoms with Crippen LogP contribution in [0.5, 0.6) is 5.75 Å². The second-order valence-electron chi connectivity index (χ2n) is 8.72. The second kappa shape index (κ2) is 5.29. The van der Waals surface area contributed by atoms with Gasteiger partial charge in [0.15, 0.2) is 5.78 Å². The highest BCUT2D eigenvalue weighted by atomic mass is 16.5. The number of carbonyl (C=O) groups is 1. The molecule has 3 aliphatic rings. The van der Waals surface area contributed by atoms with Gasteiger partial charge < -0.3 is 9.84 Å². The maximum absolute atomic E-state index is 13.0. The Hall–Kier alpha value is -1.42. The van der Waals surface area contributed by atoms with Gasteiger partial charge in [-0.2, -0.15) is 0 Å². The molecular formula is C20H27NO3. The van der Waals surface area contributed by atoms with Crippen molar-refractivity contribution in [1.29, 1.82) is 0 Å². The summed E-state index contributed by atoms with van der Waals surface area (Å²) < 4.78 is 5.85. The Morgan fingerprint density at radius 1 is 1.38 bits per heavy atom. The number of ketones is 1. The normalized spacial score (nSPS) is 32.8. The van der Waals surface area contributed by atoms with Crippen LogP contribution in [0.3, 0.4) is 0 Å². The topological polar surface area (TPSA) is 59.4 Å². The van der Waals surface area contributed by atoms with E-state index >= 15 is 0 Å². The third kappa shape index (κ3) is 2.46. The number of carbonyl (C=O) groups excluding carboxylic acids is 1. The molecule has 130 valence electrons. The minimum absolute atomic E-state index is 0.118. The van der Waals surface area contributed by atoms with Crippen molar-refractivity contribution >= 4 is 5.78 Å². The van der Waals surface area contributed by atoms with Crippen molar-refractivity contribution < 1.29 is 14.6 Å². The molecule has 4 nitrogen and oxygen atoms in total. The lowest BCUT2D eigenvalue weighted by molar-refractivity contribution is -0.128. The molecule has 0 aliphatic heterocycles. The summed E-state index contributed by atoms with van der Waals surface area (Å²) in [5, 5.41) is 10.1. The number of ether oxygens (including phenoxy) is 1. The Kier molecular flexibility index (Phi) is 3.54. The van der Waals surface area contributed by atoms with E-state index in [2.05, 4.69) is 24.9 Å². The van der Waals surface area contributed by atoms with E-state index in [0.29, 0.717) is 31.1 Å². The van der Waals surface area contributed by atoms with Gasteiger partial charge in [-0.25, -0.2) is 0 Å². The van der Waals surface area contributed by atoms with Crippen molar-refractivity contribution in [1.82, 2.24) is 4.98 Å². The van der Waals surface area contributed by atoms with Crippen LogP contribution in [0.25, 0.3) is 0 Å². The number of nitrogens with zero attached hydrogens (tertiary/aromatic N) is 1. The van der Waals surface area contributed by atoms with Crippen molar-refractivity contribution in [3.8, 4) is 5.75 Å². The van der Waals surface area contributed by atoms with E-state index in [1.165, 1.54) is 0 Å². The van der Waals surface area contributed by atoms with E-state index in [1.807, 2.05) is 6.92 Å². The molecule has 1 atom stereocenters. The van der Waals surface area contributed by atoms with Gasteiger partial charge in [0.25, 0.3) is 0 Å². The van der Waals surface area contributed by atoms with Crippen molar-refractivity contribution in [2.24, 2.45) is 11.8 Å². The zero-order valence-electron chi connectivity index (χ0n) is 14.8. The molecule has 4 heteroatoms.